The summed E-state index contributed by atoms with van der Waals surface area (Å²) >= 11 is 3.48. The molecule has 0 unspecified atom stereocenters. The van der Waals surface area contributed by atoms with Crippen LogP contribution in [0.2, 0.25) is 0 Å². The molecule has 3 rings (SSSR count). The summed E-state index contributed by atoms with van der Waals surface area (Å²) in [6.07, 6.45) is 2.31. The average Bonchev–Trinajstić information content (AvgIpc) is 3.11. The van der Waals surface area contributed by atoms with Gasteiger partial charge in [-0.1, -0.05) is 15.9 Å². The van der Waals surface area contributed by atoms with Crippen molar-refractivity contribution in [3.63, 3.8) is 0 Å². The van der Waals surface area contributed by atoms with Crippen molar-refractivity contribution in [2.24, 2.45) is 0 Å². The van der Waals surface area contributed by atoms with Crippen LogP contribution in [0, 0.1) is 0 Å². The Labute approximate surface area is 162 Å². The number of aliphatic hydroxyl groups is 1. The Morgan fingerprint density at radius 1 is 1.42 bits per heavy atom. The predicted molar refractivity (Wildman–Crippen MR) is 104 cm³/mol. The largest absolute Gasteiger partial charge is 0.444 e. The number of halogens is 1. The Balaban J connectivity index is 1.85. The van der Waals surface area contributed by atoms with Crippen LogP contribution in [-0.4, -0.2) is 50.4 Å². The van der Waals surface area contributed by atoms with Crippen LogP contribution < -0.4 is 0 Å². The van der Waals surface area contributed by atoms with Crippen molar-refractivity contribution in [3.05, 3.63) is 28.5 Å². The molecule has 1 fully saturated rings. The number of aliphatic hydroxyl groups excluding tert-OH is 1. The highest BCUT2D eigenvalue weighted by Gasteiger charge is 2.33. The lowest BCUT2D eigenvalue weighted by Gasteiger charge is -2.28. The number of rotatable bonds is 4. The molecule has 142 valence electrons. The zero-order valence-electron chi connectivity index (χ0n) is 15.5. The smallest absolute Gasteiger partial charge is 0.410 e. The Morgan fingerprint density at radius 3 is 2.88 bits per heavy atom. The summed E-state index contributed by atoms with van der Waals surface area (Å²) in [4.78, 5) is 19.1. The van der Waals surface area contributed by atoms with E-state index < -0.39 is 5.60 Å². The van der Waals surface area contributed by atoms with Crippen LogP contribution in [0.5, 0.6) is 0 Å². The Kier molecular flexibility index (Phi) is 5.58. The second-order valence-electron chi connectivity index (χ2n) is 7.71. The summed E-state index contributed by atoms with van der Waals surface area (Å²) in [5.41, 5.74) is 1.39. The van der Waals surface area contributed by atoms with Crippen LogP contribution in [-0.2, 0) is 17.7 Å². The highest BCUT2D eigenvalue weighted by Crippen LogP contribution is 2.26. The van der Waals surface area contributed by atoms with Crippen LogP contribution >= 0.6 is 15.9 Å². The number of nitrogens with zero attached hydrogens (tertiary/aromatic N) is 3. The van der Waals surface area contributed by atoms with Crippen molar-refractivity contribution in [2.75, 3.05) is 13.2 Å². The third kappa shape index (κ3) is 4.20. The second kappa shape index (κ2) is 7.56. The standard InChI is InChI=1S/C19H26BrN3O3/c1-19(2,3)26-18(25)22-8-4-5-14(22)12-17-21-15-11-13(20)6-7-16(15)23(17)9-10-24/h6-7,11,14,24H,4-5,8-10,12H2,1-3H3/t14-/m0/s1. The third-order valence-electron chi connectivity index (χ3n) is 4.54. The summed E-state index contributed by atoms with van der Waals surface area (Å²) < 4.78 is 8.58. The van der Waals surface area contributed by atoms with Crippen molar-refractivity contribution < 1.29 is 14.6 Å². The first-order chi connectivity index (χ1) is 12.3. The van der Waals surface area contributed by atoms with Gasteiger partial charge < -0.3 is 19.3 Å². The van der Waals surface area contributed by atoms with Gasteiger partial charge >= 0.3 is 6.09 Å². The lowest BCUT2D eigenvalue weighted by Crippen LogP contribution is -2.41. The maximum Gasteiger partial charge on any atom is 0.410 e. The fraction of sp³-hybridized carbons (Fsp3) is 0.579. The molecule has 0 saturated carbocycles. The second-order valence-corrected chi connectivity index (χ2v) is 8.63. The minimum atomic E-state index is -0.499. The molecule has 26 heavy (non-hydrogen) atoms. The number of carbonyl (C=O) groups excluding carboxylic acids is 1. The van der Waals surface area contributed by atoms with Gasteiger partial charge in [-0.3, -0.25) is 0 Å². The number of fused-ring (bicyclic) bond motifs is 1. The van der Waals surface area contributed by atoms with Gasteiger partial charge in [0.25, 0.3) is 0 Å². The summed E-state index contributed by atoms with van der Waals surface area (Å²) in [5.74, 6) is 0.896. The summed E-state index contributed by atoms with van der Waals surface area (Å²) in [7, 11) is 0. The van der Waals surface area contributed by atoms with E-state index in [1.807, 2.05) is 48.4 Å². The number of ether oxygens (including phenoxy) is 1. The monoisotopic (exact) mass is 423 g/mol. The number of hydrogen-bond donors (Lipinski definition) is 1. The van der Waals surface area contributed by atoms with E-state index in [2.05, 4.69) is 15.9 Å². The molecule has 1 atom stereocenters. The van der Waals surface area contributed by atoms with E-state index in [0.29, 0.717) is 19.5 Å². The number of amides is 1. The van der Waals surface area contributed by atoms with Crippen LogP contribution in [0.25, 0.3) is 11.0 Å². The minimum Gasteiger partial charge on any atom is -0.444 e. The maximum absolute atomic E-state index is 12.5. The number of carbonyl (C=O) groups is 1. The number of likely N-dealkylation sites (tertiary alicyclic amines) is 1. The molecular weight excluding hydrogens is 398 g/mol. The molecule has 6 nitrogen and oxygen atoms in total. The minimum absolute atomic E-state index is 0.0506. The highest BCUT2D eigenvalue weighted by atomic mass is 79.9. The molecule has 1 N–H and O–H groups in total. The van der Waals surface area contributed by atoms with Gasteiger partial charge in [-0.05, 0) is 51.8 Å². The third-order valence-corrected chi connectivity index (χ3v) is 5.03. The van der Waals surface area contributed by atoms with E-state index in [4.69, 9.17) is 9.72 Å². The zero-order chi connectivity index (χ0) is 18.9. The fourth-order valence-electron chi connectivity index (χ4n) is 3.48. The number of benzene rings is 1. The molecule has 7 heteroatoms. The number of aromatic nitrogens is 2. The number of hydrogen-bond acceptors (Lipinski definition) is 4. The Hall–Kier alpha value is -1.60. The zero-order valence-corrected chi connectivity index (χ0v) is 17.1. The van der Waals surface area contributed by atoms with E-state index in [1.54, 1.807) is 0 Å². The van der Waals surface area contributed by atoms with E-state index in [0.717, 1.165) is 34.2 Å². The Bertz CT molecular complexity index is 797. The molecule has 2 aromatic rings. The molecule has 1 aromatic heterocycles. The molecule has 1 aliphatic rings. The van der Waals surface area contributed by atoms with E-state index >= 15 is 0 Å². The topological polar surface area (TPSA) is 67.6 Å². The van der Waals surface area contributed by atoms with Gasteiger partial charge in [-0.2, -0.15) is 0 Å². The van der Waals surface area contributed by atoms with Crippen molar-refractivity contribution >= 4 is 33.1 Å². The first kappa shape index (κ1) is 19.2. The maximum atomic E-state index is 12.5. The van der Waals surface area contributed by atoms with Crippen molar-refractivity contribution in [1.82, 2.24) is 14.5 Å². The molecule has 0 radical (unpaired) electrons. The molecule has 1 aliphatic heterocycles. The van der Waals surface area contributed by atoms with Crippen LogP contribution in [0.4, 0.5) is 4.79 Å². The molecule has 0 aliphatic carbocycles. The van der Waals surface area contributed by atoms with Gasteiger partial charge in [0, 0.05) is 30.0 Å². The van der Waals surface area contributed by atoms with Gasteiger partial charge in [0.1, 0.15) is 11.4 Å². The molecular formula is C19H26BrN3O3. The molecule has 0 spiro atoms. The van der Waals surface area contributed by atoms with Crippen molar-refractivity contribution in [2.45, 2.75) is 58.2 Å². The van der Waals surface area contributed by atoms with Crippen LogP contribution in [0.1, 0.15) is 39.4 Å². The average molecular weight is 424 g/mol. The quantitative estimate of drug-likeness (QED) is 0.812. The summed E-state index contributed by atoms with van der Waals surface area (Å²) in [6.45, 7) is 6.91. The molecule has 0 bridgehead atoms. The van der Waals surface area contributed by atoms with Gasteiger partial charge in [0.2, 0.25) is 0 Å². The number of imidazole rings is 1. The van der Waals surface area contributed by atoms with E-state index in [1.165, 1.54) is 0 Å². The normalized spacial score (nSPS) is 17.9. The SMILES string of the molecule is CC(C)(C)OC(=O)N1CCC[C@H]1Cc1nc2cc(Br)ccc2n1CCO. The van der Waals surface area contributed by atoms with Gasteiger partial charge in [-0.25, -0.2) is 9.78 Å². The highest BCUT2D eigenvalue weighted by molar-refractivity contribution is 9.10. The van der Waals surface area contributed by atoms with Crippen molar-refractivity contribution in [1.29, 1.82) is 0 Å². The van der Waals surface area contributed by atoms with E-state index in [-0.39, 0.29) is 18.7 Å². The van der Waals surface area contributed by atoms with Crippen molar-refractivity contribution in [3.8, 4) is 0 Å². The van der Waals surface area contributed by atoms with Crippen LogP contribution in [0.3, 0.4) is 0 Å². The summed E-state index contributed by atoms with van der Waals surface area (Å²) in [5, 5.41) is 9.46. The predicted octanol–water partition coefficient (Wildman–Crippen LogP) is 3.73. The first-order valence-corrected chi connectivity index (χ1v) is 9.83. The molecule has 1 aromatic carbocycles. The lowest BCUT2D eigenvalue weighted by molar-refractivity contribution is 0.0225. The molecule has 1 saturated heterocycles. The van der Waals surface area contributed by atoms with Gasteiger partial charge in [-0.15, -0.1) is 0 Å². The van der Waals surface area contributed by atoms with Gasteiger partial charge in [0.15, 0.2) is 0 Å². The molecule has 1 amide bonds. The molecule has 2 heterocycles. The van der Waals surface area contributed by atoms with Gasteiger partial charge in [0.05, 0.1) is 17.6 Å². The first-order valence-electron chi connectivity index (χ1n) is 9.03. The van der Waals surface area contributed by atoms with E-state index in [9.17, 15) is 9.90 Å². The lowest BCUT2D eigenvalue weighted by atomic mass is 10.1. The Morgan fingerprint density at radius 2 is 2.19 bits per heavy atom. The fourth-order valence-corrected chi connectivity index (χ4v) is 3.83. The summed E-state index contributed by atoms with van der Waals surface area (Å²) in [6, 6.07) is 6.03. The van der Waals surface area contributed by atoms with Crippen LogP contribution in [0.15, 0.2) is 22.7 Å².